The summed E-state index contributed by atoms with van der Waals surface area (Å²) in [4.78, 5) is 34.7. The maximum atomic E-state index is 12.9. The standard InChI is InChI=1S/C20H14N4O3S/c25-19(26)17-16-15-13(7-9-22-18(15)28-17)24(20(27)23-16)14-10-12(6-8-21-14)11-4-2-1-3-5-11/h1-10,16-17H,(H,23,27)(H,25,26). The molecule has 138 valence electrons. The van der Waals surface area contributed by atoms with E-state index in [4.69, 9.17) is 0 Å². The van der Waals surface area contributed by atoms with Gasteiger partial charge in [0.15, 0.2) is 0 Å². The molecule has 0 fully saturated rings. The number of aliphatic carboxylic acids is 1. The van der Waals surface area contributed by atoms with Gasteiger partial charge in [0, 0.05) is 18.0 Å². The average Bonchev–Trinajstić information content (AvgIpc) is 3.09. The van der Waals surface area contributed by atoms with Crippen LogP contribution in [-0.4, -0.2) is 32.3 Å². The molecule has 2 atom stereocenters. The van der Waals surface area contributed by atoms with Crippen molar-refractivity contribution in [1.29, 1.82) is 0 Å². The number of aromatic nitrogens is 2. The Bertz CT molecular complexity index is 1110. The van der Waals surface area contributed by atoms with Gasteiger partial charge in [-0.15, -0.1) is 0 Å². The molecule has 0 saturated heterocycles. The maximum Gasteiger partial charge on any atom is 0.328 e. The Balaban J connectivity index is 1.62. The number of thioether (sulfide) groups is 1. The molecule has 2 aliphatic heterocycles. The summed E-state index contributed by atoms with van der Waals surface area (Å²) in [7, 11) is 0. The minimum atomic E-state index is -0.975. The molecule has 2 amide bonds. The van der Waals surface area contributed by atoms with Gasteiger partial charge in [0.1, 0.15) is 16.1 Å². The first-order chi connectivity index (χ1) is 13.6. The van der Waals surface area contributed by atoms with Gasteiger partial charge in [-0.05, 0) is 29.3 Å². The van der Waals surface area contributed by atoms with Crippen LogP contribution in [-0.2, 0) is 4.79 Å². The molecule has 0 aliphatic carbocycles. The van der Waals surface area contributed by atoms with Crippen LogP contribution in [0.25, 0.3) is 11.1 Å². The quantitative estimate of drug-likeness (QED) is 0.709. The molecule has 0 radical (unpaired) electrons. The topological polar surface area (TPSA) is 95.4 Å². The Morgan fingerprint density at radius 2 is 1.86 bits per heavy atom. The fourth-order valence-corrected chi connectivity index (χ4v) is 4.75. The zero-order chi connectivity index (χ0) is 19.3. The third-order valence-corrected chi connectivity index (χ3v) is 6.11. The lowest BCUT2D eigenvalue weighted by Gasteiger charge is -2.33. The van der Waals surface area contributed by atoms with E-state index in [2.05, 4.69) is 15.3 Å². The summed E-state index contributed by atoms with van der Waals surface area (Å²) in [5.74, 6) is -0.508. The second-order valence-corrected chi connectivity index (χ2v) is 7.59. The molecular weight excluding hydrogens is 376 g/mol. The summed E-state index contributed by atoms with van der Waals surface area (Å²) in [6.07, 6.45) is 3.25. The van der Waals surface area contributed by atoms with Crippen molar-refractivity contribution in [2.24, 2.45) is 0 Å². The van der Waals surface area contributed by atoms with Gasteiger partial charge in [-0.25, -0.2) is 19.7 Å². The number of hydrogen-bond donors (Lipinski definition) is 2. The number of urea groups is 1. The van der Waals surface area contributed by atoms with Crippen molar-refractivity contribution in [1.82, 2.24) is 15.3 Å². The zero-order valence-electron chi connectivity index (χ0n) is 14.4. The van der Waals surface area contributed by atoms with Crippen molar-refractivity contribution >= 4 is 35.3 Å². The van der Waals surface area contributed by atoms with Gasteiger partial charge < -0.3 is 10.4 Å². The van der Waals surface area contributed by atoms with Crippen LogP contribution >= 0.6 is 11.8 Å². The third-order valence-electron chi connectivity index (χ3n) is 4.83. The minimum Gasteiger partial charge on any atom is -0.480 e. The number of hydrogen-bond acceptors (Lipinski definition) is 5. The fourth-order valence-electron chi connectivity index (χ4n) is 3.59. The normalized spacial score (nSPS) is 19.9. The highest BCUT2D eigenvalue weighted by Gasteiger charge is 2.46. The molecule has 2 aromatic heterocycles. The largest absolute Gasteiger partial charge is 0.480 e. The van der Waals surface area contributed by atoms with Crippen LogP contribution in [0.4, 0.5) is 16.3 Å². The van der Waals surface area contributed by atoms with Gasteiger partial charge in [-0.3, -0.25) is 4.79 Å². The number of anilines is 2. The van der Waals surface area contributed by atoms with E-state index in [0.29, 0.717) is 16.5 Å². The van der Waals surface area contributed by atoms with Gasteiger partial charge >= 0.3 is 12.0 Å². The summed E-state index contributed by atoms with van der Waals surface area (Å²) in [5, 5.41) is 12.2. The number of carbonyl (C=O) groups is 2. The smallest absolute Gasteiger partial charge is 0.328 e. The lowest BCUT2D eigenvalue weighted by Crippen LogP contribution is -2.47. The molecule has 2 aliphatic rings. The number of carboxylic acids is 1. The van der Waals surface area contributed by atoms with E-state index in [9.17, 15) is 14.7 Å². The predicted molar refractivity (Wildman–Crippen MR) is 105 cm³/mol. The van der Waals surface area contributed by atoms with E-state index in [1.165, 1.54) is 4.90 Å². The second-order valence-electron chi connectivity index (χ2n) is 6.46. The van der Waals surface area contributed by atoms with E-state index in [0.717, 1.165) is 28.5 Å². The first kappa shape index (κ1) is 16.8. The molecule has 2 unspecified atom stereocenters. The number of rotatable bonds is 3. The summed E-state index contributed by atoms with van der Waals surface area (Å²) in [5.41, 5.74) is 3.30. The molecule has 4 heterocycles. The molecule has 3 aromatic rings. The van der Waals surface area contributed by atoms with Crippen molar-refractivity contribution < 1.29 is 14.7 Å². The van der Waals surface area contributed by atoms with E-state index < -0.39 is 23.3 Å². The highest BCUT2D eigenvalue weighted by atomic mass is 32.2. The highest BCUT2D eigenvalue weighted by molar-refractivity contribution is 8.00. The summed E-state index contributed by atoms with van der Waals surface area (Å²) in [6.45, 7) is 0. The van der Waals surface area contributed by atoms with Gasteiger partial charge in [0.05, 0.1) is 11.7 Å². The second kappa shape index (κ2) is 6.35. The molecular formula is C20H14N4O3S. The van der Waals surface area contributed by atoms with Gasteiger partial charge in [0.2, 0.25) is 0 Å². The van der Waals surface area contributed by atoms with E-state index >= 15 is 0 Å². The van der Waals surface area contributed by atoms with Crippen LogP contribution in [0.5, 0.6) is 0 Å². The first-order valence-electron chi connectivity index (χ1n) is 8.64. The van der Waals surface area contributed by atoms with Crippen LogP contribution in [0.3, 0.4) is 0 Å². The number of carbonyl (C=O) groups excluding carboxylic acids is 1. The average molecular weight is 390 g/mol. The Labute approximate surface area is 164 Å². The molecule has 8 heteroatoms. The van der Waals surface area contributed by atoms with Crippen molar-refractivity contribution in [2.45, 2.75) is 16.3 Å². The van der Waals surface area contributed by atoms with Crippen LogP contribution in [0.15, 0.2) is 66.0 Å². The number of benzene rings is 1. The maximum absolute atomic E-state index is 12.9. The molecule has 1 aromatic carbocycles. The van der Waals surface area contributed by atoms with Crippen LogP contribution in [0.2, 0.25) is 0 Å². The molecule has 0 spiro atoms. The first-order valence-corrected chi connectivity index (χ1v) is 9.52. The summed E-state index contributed by atoms with van der Waals surface area (Å²) >= 11 is 1.16. The fraction of sp³-hybridized carbons (Fsp3) is 0.100. The Morgan fingerprint density at radius 3 is 2.64 bits per heavy atom. The van der Waals surface area contributed by atoms with Gasteiger partial charge in [0.25, 0.3) is 0 Å². The van der Waals surface area contributed by atoms with Crippen LogP contribution in [0.1, 0.15) is 11.6 Å². The molecule has 28 heavy (non-hydrogen) atoms. The third kappa shape index (κ3) is 2.53. The Kier molecular flexibility index (Phi) is 3.80. The van der Waals surface area contributed by atoms with Crippen molar-refractivity contribution in [3.8, 4) is 11.1 Å². The highest BCUT2D eigenvalue weighted by Crippen LogP contribution is 2.50. The summed E-state index contributed by atoms with van der Waals surface area (Å²) < 4.78 is 0. The van der Waals surface area contributed by atoms with Crippen LogP contribution < -0.4 is 10.2 Å². The minimum absolute atomic E-state index is 0.402. The van der Waals surface area contributed by atoms with Crippen molar-refractivity contribution in [3.05, 3.63) is 66.5 Å². The Morgan fingerprint density at radius 1 is 1.07 bits per heavy atom. The van der Waals surface area contributed by atoms with E-state index in [1.54, 1.807) is 18.5 Å². The number of nitrogens with zero attached hydrogens (tertiary/aromatic N) is 3. The molecule has 0 bridgehead atoms. The monoisotopic (exact) mass is 390 g/mol. The van der Waals surface area contributed by atoms with Gasteiger partial charge in [-0.1, -0.05) is 42.1 Å². The van der Waals surface area contributed by atoms with Crippen LogP contribution in [0, 0.1) is 0 Å². The number of pyridine rings is 2. The summed E-state index contributed by atoms with van der Waals surface area (Å²) in [6, 6.07) is 14.3. The number of amides is 2. The predicted octanol–water partition coefficient (Wildman–Crippen LogP) is 3.60. The Hall–Kier alpha value is -3.39. The lowest BCUT2D eigenvalue weighted by atomic mass is 10.0. The van der Waals surface area contributed by atoms with E-state index in [-0.39, 0.29) is 0 Å². The molecule has 2 N–H and O–H groups in total. The van der Waals surface area contributed by atoms with Gasteiger partial charge in [-0.2, -0.15) is 0 Å². The number of carboxylic acid groups (broad SMARTS) is 1. The van der Waals surface area contributed by atoms with E-state index in [1.807, 2.05) is 42.5 Å². The number of nitrogens with one attached hydrogen (secondary N) is 1. The lowest BCUT2D eigenvalue weighted by molar-refractivity contribution is -0.136. The SMILES string of the molecule is O=C(O)C1Sc2nccc3c2C1NC(=O)N3c1cc(-c2ccccc2)ccn1. The molecule has 7 nitrogen and oxygen atoms in total. The molecule has 0 saturated carbocycles. The van der Waals surface area contributed by atoms with Crippen molar-refractivity contribution in [2.75, 3.05) is 4.90 Å². The van der Waals surface area contributed by atoms with Crippen molar-refractivity contribution in [3.63, 3.8) is 0 Å². The zero-order valence-corrected chi connectivity index (χ0v) is 15.3. The molecule has 5 rings (SSSR count).